The van der Waals surface area contributed by atoms with E-state index >= 15 is 0 Å². The average molecular weight is 290 g/mol. The molecule has 114 valence electrons. The Balaban J connectivity index is 1.84. The normalized spacial score (nSPS) is 21.5. The van der Waals surface area contributed by atoms with Gasteiger partial charge in [-0.05, 0) is 26.2 Å². The summed E-state index contributed by atoms with van der Waals surface area (Å²) >= 11 is 0. The monoisotopic (exact) mass is 290 g/mol. The van der Waals surface area contributed by atoms with Gasteiger partial charge in [-0.3, -0.25) is 4.79 Å². The minimum atomic E-state index is 0.0178. The Morgan fingerprint density at radius 1 is 1.33 bits per heavy atom. The van der Waals surface area contributed by atoms with E-state index in [4.69, 9.17) is 10.8 Å². The first kappa shape index (κ1) is 14.1. The van der Waals surface area contributed by atoms with E-state index in [1.807, 2.05) is 6.92 Å². The Labute approximate surface area is 124 Å². The summed E-state index contributed by atoms with van der Waals surface area (Å²) in [7, 11) is 0. The predicted molar refractivity (Wildman–Crippen MR) is 81.0 cm³/mol. The van der Waals surface area contributed by atoms with Crippen LogP contribution in [-0.4, -0.2) is 35.0 Å². The van der Waals surface area contributed by atoms with Gasteiger partial charge in [0.2, 0.25) is 5.91 Å². The fourth-order valence-corrected chi connectivity index (χ4v) is 2.85. The van der Waals surface area contributed by atoms with Crippen molar-refractivity contribution >= 4 is 17.5 Å². The standard InChI is InChI=1S/C14H22N6O/c1-8-12(19-15)17-13(10-3-4-10)18-14(8)20-6-5-11(7-20)16-9(2)21/h10-11H,3-7,15H2,1-2H3,(H,16,21)(H,17,18,19). The fraction of sp³-hybridized carbons (Fsp3) is 0.643. The molecule has 1 amide bonds. The van der Waals surface area contributed by atoms with Crippen molar-refractivity contribution in [1.82, 2.24) is 15.3 Å². The van der Waals surface area contributed by atoms with E-state index in [0.717, 1.165) is 49.6 Å². The van der Waals surface area contributed by atoms with E-state index in [0.29, 0.717) is 11.7 Å². The minimum Gasteiger partial charge on any atom is -0.354 e. The highest BCUT2D eigenvalue weighted by Crippen LogP contribution is 2.40. The molecule has 7 nitrogen and oxygen atoms in total. The first-order chi connectivity index (χ1) is 10.1. The Hall–Kier alpha value is -1.89. The molecule has 1 saturated heterocycles. The molecule has 0 radical (unpaired) electrons. The highest BCUT2D eigenvalue weighted by Gasteiger charge is 2.31. The number of carbonyl (C=O) groups excluding carboxylic acids is 1. The summed E-state index contributed by atoms with van der Waals surface area (Å²) in [5.41, 5.74) is 3.64. The van der Waals surface area contributed by atoms with Crippen molar-refractivity contribution in [1.29, 1.82) is 0 Å². The maximum absolute atomic E-state index is 11.2. The molecule has 0 aromatic carbocycles. The quantitative estimate of drug-likeness (QED) is 0.557. The summed E-state index contributed by atoms with van der Waals surface area (Å²) < 4.78 is 0. The van der Waals surface area contributed by atoms with Crippen molar-refractivity contribution in [3.8, 4) is 0 Å². The number of carbonyl (C=O) groups is 1. The molecular formula is C14H22N6O. The summed E-state index contributed by atoms with van der Waals surface area (Å²) in [4.78, 5) is 22.6. The third kappa shape index (κ3) is 2.92. The second-order valence-corrected chi connectivity index (χ2v) is 5.93. The molecule has 1 saturated carbocycles. The summed E-state index contributed by atoms with van der Waals surface area (Å²) in [6.07, 6.45) is 3.25. The van der Waals surface area contributed by atoms with Crippen LogP contribution in [0.1, 0.15) is 43.5 Å². The Kier molecular flexibility index (Phi) is 3.67. The van der Waals surface area contributed by atoms with Gasteiger partial charge in [-0.25, -0.2) is 15.8 Å². The Morgan fingerprint density at radius 3 is 2.71 bits per heavy atom. The number of rotatable bonds is 4. The maximum atomic E-state index is 11.2. The molecular weight excluding hydrogens is 268 g/mol. The Bertz CT molecular complexity index is 557. The number of aromatic nitrogens is 2. The predicted octanol–water partition coefficient (Wildman–Crippen LogP) is 0.663. The highest BCUT2D eigenvalue weighted by atomic mass is 16.1. The van der Waals surface area contributed by atoms with Gasteiger partial charge < -0.3 is 15.6 Å². The molecule has 0 bridgehead atoms. The van der Waals surface area contributed by atoms with Crippen molar-refractivity contribution in [2.45, 2.75) is 45.1 Å². The molecule has 2 fully saturated rings. The number of hydrogen-bond donors (Lipinski definition) is 3. The summed E-state index contributed by atoms with van der Waals surface area (Å²) in [5, 5.41) is 2.97. The molecule has 1 atom stereocenters. The molecule has 1 aliphatic heterocycles. The van der Waals surface area contributed by atoms with Crippen LogP contribution < -0.4 is 21.5 Å². The minimum absolute atomic E-state index is 0.0178. The zero-order chi connectivity index (χ0) is 15.0. The van der Waals surface area contributed by atoms with E-state index in [1.54, 1.807) is 6.92 Å². The lowest BCUT2D eigenvalue weighted by atomic mass is 10.2. The number of hydrazine groups is 1. The van der Waals surface area contributed by atoms with Crippen LogP contribution >= 0.6 is 0 Å². The van der Waals surface area contributed by atoms with E-state index in [2.05, 4.69) is 20.6 Å². The van der Waals surface area contributed by atoms with Gasteiger partial charge in [0, 0.05) is 37.5 Å². The van der Waals surface area contributed by atoms with Crippen LogP contribution in [0.2, 0.25) is 0 Å². The number of nitrogen functional groups attached to an aromatic ring is 1. The van der Waals surface area contributed by atoms with E-state index in [1.165, 1.54) is 0 Å². The summed E-state index contributed by atoms with van der Waals surface area (Å²) in [5.74, 6) is 8.60. The van der Waals surface area contributed by atoms with Gasteiger partial charge in [0.05, 0.1) is 0 Å². The van der Waals surface area contributed by atoms with Gasteiger partial charge in [0.25, 0.3) is 0 Å². The van der Waals surface area contributed by atoms with Crippen LogP contribution in [0, 0.1) is 6.92 Å². The Morgan fingerprint density at radius 2 is 2.10 bits per heavy atom. The van der Waals surface area contributed by atoms with Gasteiger partial charge in [-0.15, -0.1) is 0 Å². The average Bonchev–Trinajstić information content (AvgIpc) is 3.19. The molecule has 4 N–H and O–H groups in total. The number of nitrogens with zero attached hydrogens (tertiary/aromatic N) is 3. The van der Waals surface area contributed by atoms with Crippen LogP contribution in [0.5, 0.6) is 0 Å². The fourth-order valence-electron chi connectivity index (χ4n) is 2.85. The topological polar surface area (TPSA) is 96.2 Å². The first-order valence-electron chi connectivity index (χ1n) is 7.45. The van der Waals surface area contributed by atoms with Crippen LogP contribution in [0.15, 0.2) is 0 Å². The SMILES string of the molecule is CC(=O)NC1CCN(c2nc(C3CC3)nc(NN)c2C)C1. The van der Waals surface area contributed by atoms with Crippen molar-refractivity contribution in [3.63, 3.8) is 0 Å². The lowest BCUT2D eigenvalue weighted by Gasteiger charge is -2.22. The number of hydrogen-bond acceptors (Lipinski definition) is 6. The van der Waals surface area contributed by atoms with E-state index in [9.17, 15) is 4.79 Å². The highest BCUT2D eigenvalue weighted by molar-refractivity contribution is 5.73. The molecule has 3 rings (SSSR count). The number of nitrogens with two attached hydrogens (primary N) is 1. The number of amides is 1. The van der Waals surface area contributed by atoms with Gasteiger partial charge in [0.1, 0.15) is 17.5 Å². The second-order valence-electron chi connectivity index (χ2n) is 5.93. The largest absolute Gasteiger partial charge is 0.354 e. The summed E-state index contributed by atoms with van der Waals surface area (Å²) in [6, 6.07) is 0.190. The molecule has 2 heterocycles. The van der Waals surface area contributed by atoms with Crippen LogP contribution in [0.3, 0.4) is 0 Å². The van der Waals surface area contributed by atoms with E-state index < -0.39 is 0 Å². The van der Waals surface area contributed by atoms with Crippen molar-refractivity contribution in [2.75, 3.05) is 23.4 Å². The van der Waals surface area contributed by atoms with Gasteiger partial charge >= 0.3 is 0 Å². The zero-order valence-corrected chi connectivity index (χ0v) is 12.5. The van der Waals surface area contributed by atoms with Crippen LogP contribution in [0.4, 0.5) is 11.6 Å². The van der Waals surface area contributed by atoms with Gasteiger partial charge in [-0.2, -0.15) is 0 Å². The second kappa shape index (κ2) is 5.48. The molecule has 1 aliphatic carbocycles. The lowest BCUT2D eigenvalue weighted by molar-refractivity contribution is -0.119. The van der Waals surface area contributed by atoms with Crippen molar-refractivity contribution in [3.05, 3.63) is 11.4 Å². The van der Waals surface area contributed by atoms with Gasteiger partial charge in [0.15, 0.2) is 0 Å². The van der Waals surface area contributed by atoms with Crippen LogP contribution in [-0.2, 0) is 4.79 Å². The molecule has 0 spiro atoms. The number of anilines is 2. The third-order valence-corrected chi connectivity index (χ3v) is 4.11. The van der Waals surface area contributed by atoms with E-state index in [-0.39, 0.29) is 11.9 Å². The molecule has 7 heteroatoms. The molecule has 1 aromatic heterocycles. The van der Waals surface area contributed by atoms with Crippen LogP contribution in [0.25, 0.3) is 0 Å². The zero-order valence-electron chi connectivity index (χ0n) is 12.5. The first-order valence-corrected chi connectivity index (χ1v) is 7.45. The third-order valence-electron chi connectivity index (χ3n) is 4.11. The van der Waals surface area contributed by atoms with Crippen molar-refractivity contribution in [2.24, 2.45) is 5.84 Å². The maximum Gasteiger partial charge on any atom is 0.217 e. The number of nitrogens with one attached hydrogen (secondary N) is 2. The molecule has 2 aliphatic rings. The van der Waals surface area contributed by atoms with Gasteiger partial charge in [-0.1, -0.05) is 0 Å². The lowest BCUT2D eigenvalue weighted by Crippen LogP contribution is -2.36. The molecule has 1 aromatic rings. The van der Waals surface area contributed by atoms with Crippen molar-refractivity contribution < 1.29 is 4.79 Å². The molecule has 21 heavy (non-hydrogen) atoms. The summed E-state index contributed by atoms with van der Waals surface area (Å²) in [6.45, 7) is 5.20. The smallest absolute Gasteiger partial charge is 0.217 e. The molecule has 1 unspecified atom stereocenters.